The number of hydrogen-bond acceptors (Lipinski definition) is 3. The first-order chi connectivity index (χ1) is 8.24. The number of fused-ring (bicyclic) bond motifs is 1. The van der Waals surface area contributed by atoms with Crippen LogP contribution in [0.3, 0.4) is 0 Å². The summed E-state index contributed by atoms with van der Waals surface area (Å²) in [7, 11) is 0. The van der Waals surface area contributed by atoms with Crippen molar-refractivity contribution in [2.75, 3.05) is 0 Å². The molecule has 0 saturated carbocycles. The van der Waals surface area contributed by atoms with Crippen molar-refractivity contribution < 1.29 is 0 Å². The maximum atomic E-state index is 4.69. The Balaban J connectivity index is 1.94. The molecule has 0 radical (unpaired) electrons. The predicted molar refractivity (Wildman–Crippen MR) is 69.6 cm³/mol. The van der Waals surface area contributed by atoms with Crippen LogP contribution in [0, 0.1) is 13.8 Å². The lowest BCUT2D eigenvalue weighted by molar-refractivity contribution is 0.621. The normalized spacial score (nSPS) is 14.9. The Morgan fingerprint density at radius 3 is 2.82 bits per heavy atom. The molecule has 3 rings (SSSR count). The van der Waals surface area contributed by atoms with Crippen molar-refractivity contribution in [3.63, 3.8) is 0 Å². The Labute approximate surface area is 106 Å². The van der Waals surface area contributed by atoms with Gasteiger partial charge in [0, 0.05) is 11.1 Å². The number of hydrogen-bond donors (Lipinski definition) is 0. The summed E-state index contributed by atoms with van der Waals surface area (Å²) in [6, 6.07) is 0. The Bertz CT molecular complexity index is 539. The molecule has 0 atom stereocenters. The molecular weight excluding hydrogens is 230 g/mol. The van der Waals surface area contributed by atoms with E-state index in [1.807, 2.05) is 0 Å². The fourth-order valence-electron chi connectivity index (χ4n) is 2.59. The molecule has 0 spiro atoms. The summed E-state index contributed by atoms with van der Waals surface area (Å²) < 4.78 is 2.35. The van der Waals surface area contributed by atoms with Crippen LogP contribution in [-0.2, 0) is 19.4 Å². The van der Waals surface area contributed by atoms with Crippen LogP contribution < -0.4 is 0 Å². The molecule has 2 aromatic rings. The molecule has 0 N–H and O–H groups in total. The van der Waals surface area contributed by atoms with Crippen LogP contribution in [0.1, 0.15) is 40.8 Å². The molecule has 1 aliphatic carbocycles. The summed E-state index contributed by atoms with van der Waals surface area (Å²) in [5, 5.41) is 3.30. The molecule has 90 valence electrons. The van der Waals surface area contributed by atoms with E-state index in [2.05, 4.69) is 28.8 Å². The molecule has 3 nitrogen and oxygen atoms in total. The lowest BCUT2D eigenvalue weighted by Gasteiger charge is -2.13. The fourth-order valence-corrected chi connectivity index (χ4v) is 3.19. The van der Waals surface area contributed by atoms with Gasteiger partial charge in [-0.25, -0.2) is 9.97 Å². The van der Waals surface area contributed by atoms with E-state index < -0.39 is 0 Å². The highest BCUT2D eigenvalue weighted by Crippen LogP contribution is 2.23. The zero-order valence-electron chi connectivity index (χ0n) is 10.4. The maximum absolute atomic E-state index is 4.69. The summed E-state index contributed by atoms with van der Waals surface area (Å²) in [5.41, 5.74) is 3.93. The average molecular weight is 247 g/mol. The first-order valence-electron chi connectivity index (χ1n) is 6.20. The van der Waals surface area contributed by atoms with Gasteiger partial charge in [0.2, 0.25) is 0 Å². The molecule has 2 heterocycles. The van der Waals surface area contributed by atoms with E-state index >= 15 is 0 Å². The van der Waals surface area contributed by atoms with Crippen LogP contribution in [0.2, 0.25) is 0 Å². The second-order valence-electron chi connectivity index (χ2n) is 4.70. The molecule has 0 aliphatic heterocycles. The van der Waals surface area contributed by atoms with Crippen LogP contribution in [0.5, 0.6) is 0 Å². The third-order valence-electron chi connectivity index (χ3n) is 3.41. The highest BCUT2D eigenvalue weighted by Gasteiger charge is 2.18. The molecule has 0 aromatic carbocycles. The Morgan fingerprint density at radius 2 is 2.06 bits per heavy atom. The van der Waals surface area contributed by atoms with E-state index in [0.717, 1.165) is 23.8 Å². The summed E-state index contributed by atoms with van der Waals surface area (Å²) in [6.45, 7) is 5.06. The molecule has 0 bridgehead atoms. The second kappa shape index (κ2) is 4.26. The van der Waals surface area contributed by atoms with E-state index in [4.69, 9.17) is 4.98 Å². The minimum absolute atomic E-state index is 0.887. The highest BCUT2D eigenvalue weighted by molar-refractivity contribution is 7.09. The monoisotopic (exact) mass is 247 g/mol. The molecule has 0 fully saturated rings. The number of rotatable bonds is 2. The fraction of sp³-hybridized carbons (Fsp3) is 0.538. The SMILES string of the molecule is Cc1nc(Cn2c(C)nc3c2CCCC3)cs1. The van der Waals surface area contributed by atoms with Gasteiger partial charge in [0.05, 0.1) is 22.9 Å². The second-order valence-corrected chi connectivity index (χ2v) is 5.77. The van der Waals surface area contributed by atoms with Crippen LogP contribution in [0.25, 0.3) is 0 Å². The standard InChI is InChI=1S/C13H17N3S/c1-9-14-12-5-3-4-6-13(12)16(9)7-11-8-17-10(2)15-11/h8H,3-7H2,1-2H3. The predicted octanol–water partition coefficient (Wildman–Crippen LogP) is 2.88. The van der Waals surface area contributed by atoms with Crippen molar-refractivity contribution in [3.05, 3.63) is 33.3 Å². The minimum Gasteiger partial charge on any atom is -0.326 e. The summed E-state index contributed by atoms with van der Waals surface area (Å²) in [4.78, 5) is 9.24. The first-order valence-corrected chi connectivity index (χ1v) is 7.08. The van der Waals surface area contributed by atoms with Gasteiger partial charge in [-0.1, -0.05) is 0 Å². The van der Waals surface area contributed by atoms with Crippen molar-refractivity contribution in [2.45, 2.75) is 46.1 Å². The van der Waals surface area contributed by atoms with Gasteiger partial charge in [-0.05, 0) is 39.5 Å². The van der Waals surface area contributed by atoms with Gasteiger partial charge in [-0.2, -0.15) is 0 Å². The third kappa shape index (κ3) is 2.02. The Morgan fingerprint density at radius 1 is 1.24 bits per heavy atom. The van der Waals surface area contributed by atoms with E-state index in [9.17, 15) is 0 Å². The number of aryl methyl sites for hydroxylation is 3. The largest absolute Gasteiger partial charge is 0.326 e. The summed E-state index contributed by atoms with van der Waals surface area (Å²) in [5.74, 6) is 1.14. The molecule has 2 aromatic heterocycles. The highest BCUT2D eigenvalue weighted by atomic mass is 32.1. The van der Waals surface area contributed by atoms with Crippen molar-refractivity contribution in [3.8, 4) is 0 Å². The van der Waals surface area contributed by atoms with Crippen molar-refractivity contribution in [1.82, 2.24) is 14.5 Å². The van der Waals surface area contributed by atoms with Crippen LogP contribution >= 0.6 is 11.3 Å². The Hall–Kier alpha value is -1.16. The van der Waals surface area contributed by atoms with Gasteiger partial charge in [0.1, 0.15) is 5.82 Å². The molecule has 17 heavy (non-hydrogen) atoms. The van der Waals surface area contributed by atoms with Crippen molar-refractivity contribution >= 4 is 11.3 Å². The maximum Gasteiger partial charge on any atom is 0.106 e. The smallest absolute Gasteiger partial charge is 0.106 e. The first kappa shape index (κ1) is 11.0. The zero-order valence-corrected chi connectivity index (χ0v) is 11.2. The van der Waals surface area contributed by atoms with Crippen LogP contribution in [0.15, 0.2) is 5.38 Å². The van der Waals surface area contributed by atoms with Gasteiger partial charge < -0.3 is 4.57 Å². The molecule has 1 aliphatic rings. The van der Waals surface area contributed by atoms with Crippen molar-refractivity contribution in [1.29, 1.82) is 0 Å². The van der Waals surface area contributed by atoms with Gasteiger partial charge in [-0.15, -0.1) is 11.3 Å². The quantitative estimate of drug-likeness (QED) is 0.817. The number of imidazole rings is 1. The molecule has 4 heteroatoms. The van der Waals surface area contributed by atoms with E-state index in [-0.39, 0.29) is 0 Å². The lowest BCUT2D eigenvalue weighted by Crippen LogP contribution is -2.10. The van der Waals surface area contributed by atoms with E-state index in [1.54, 1.807) is 11.3 Å². The molecule has 0 saturated heterocycles. The minimum atomic E-state index is 0.887. The van der Waals surface area contributed by atoms with E-state index in [0.29, 0.717) is 0 Å². The average Bonchev–Trinajstić information content (AvgIpc) is 2.85. The van der Waals surface area contributed by atoms with Gasteiger partial charge in [0.15, 0.2) is 0 Å². The number of thiazole rings is 1. The van der Waals surface area contributed by atoms with Gasteiger partial charge in [-0.3, -0.25) is 0 Å². The number of aromatic nitrogens is 3. The molecular formula is C13H17N3S. The molecule has 0 amide bonds. The van der Waals surface area contributed by atoms with E-state index in [1.165, 1.54) is 36.3 Å². The third-order valence-corrected chi connectivity index (χ3v) is 4.23. The number of nitrogens with zero attached hydrogens (tertiary/aromatic N) is 3. The van der Waals surface area contributed by atoms with Crippen LogP contribution in [-0.4, -0.2) is 14.5 Å². The van der Waals surface area contributed by atoms with Gasteiger partial charge >= 0.3 is 0 Å². The van der Waals surface area contributed by atoms with Crippen LogP contribution in [0.4, 0.5) is 0 Å². The topological polar surface area (TPSA) is 30.7 Å². The zero-order chi connectivity index (χ0) is 11.8. The summed E-state index contributed by atoms with van der Waals surface area (Å²) >= 11 is 1.72. The van der Waals surface area contributed by atoms with Gasteiger partial charge in [0.25, 0.3) is 0 Å². The lowest BCUT2D eigenvalue weighted by atomic mass is 10.0. The molecule has 0 unspecified atom stereocenters. The van der Waals surface area contributed by atoms with Crippen molar-refractivity contribution in [2.24, 2.45) is 0 Å². The Kier molecular flexibility index (Phi) is 2.74. The summed E-state index contributed by atoms with van der Waals surface area (Å²) in [6.07, 6.45) is 4.92.